The predicted octanol–water partition coefficient (Wildman–Crippen LogP) is 1.73. The molecule has 0 radical (unpaired) electrons. The largest absolute Gasteiger partial charge is 0.445 e. The van der Waals surface area contributed by atoms with Crippen LogP contribution in [0.25, 0.3) is 0 Å². The number of carbonyl (C=O) groups excluding carboxylic acids is 1. The van der Waals surface area contributed by atoms with Crippen molar-refractivity contribution in [1.82, 2.24) is 5.48 Å². The van der Waals surface area contributed by atoms with Gasteiger partial charge in [-0.25, -0.2) is 10.3 Å². The molecule has 14 heavy (non-hydrogen) atoms. The predicted molar refractivity (Wildman–Crippen MR) is 51.0 cm³/mol. The Morgan fingerprint density at radius 3 is 2.71 bits per heavy atom. The first-order valence-electron chi connectivity index (χ1n) is 4.37. The van der Waals surface area contributed by atoms with E-state index in [0.29, 0.717) is 6.42 Å². The maximum Gasteiger partial charge on any atom is 0.431 e. The maximum atomic E-state index is 10.6. The fourth-order valence-corrected chi connectivity index (χ4v) is 1.20. The van der Waals surface area contributed by atoms with E-state index in [1.54, 1.807) is 6.92 Å². The van der Waals surface area contributed by atoms with Crippen molar-refractivity contribution in [3.05, 3.63) is 35.9 Å². The molecule has 4 heteroatoms. The van der Waals surface area contributed by atoms with Gasteiger partial charge in [0.1, 0.15) is 6.10 Å². The molecule has 0 saturated heterocycles. The summed E-state index contributed by atoms with van der Waals surface area (Å²) in [5.41, 5.74) is 2.51. The van der Waals surface area contributed by atoms with E-state index in [9.17, 15) is 4.79 Å². The molecule has 0 bridgehead atoms. The van der Waals surface area contributed by atoms with Gasteiger partial charge in [-0.2, -0.15) is 0 Å². The zero-order valence-electron chi connectivity index (χ0n) is 7.93. The SMILES string of the molecule is CC(Cc1ccccc1)OC(=O)NO. The lowest BCUT2D eigenvalue weighted by Gasteiger charge is -2.11. The molecule has 1 unspecified atom stereocenters. The van der Waals surface area contributed by atoms with Gasteiger partial charge in [0.2, 0.25) is 0 Å². The van der Waals surface area contributed by atoms with Crippen LogP contribution in [0.5, 0.6) is 0 Å². The molecule has 0 aliphatic carbocycles. The van der Waals surface area contributed by atoms with E-state index in [1.165, 1.54) is 5.48 Å². The molecule has 0 spiro atoms. The second-order valence-electron chi connectivity index (χ2n) is 3.02. The third kappa shape index (κ3) is 3.45. The van der Waals surface area contributed by atoms with Crippen molar-refractivity contribution in [2.24, 2.45) is 0 Å². The summed E-state index contributed by atoms with van der Waals surface area (Å²) < 4.78 is 4.80. The normalized spacial score (nSPS) is 11.9. The third-order valence-electron chi connectivity index (χ3n) is 1.77. The first-order valence-corrected chi connectivity index (χ1v) is 4.37. The van der Waals surface area contributed by atoms with Crippen LogP contribution in [0.15, 0.2) is 30.3 Å². The lowest BCUT2D eigenvalue weighted by atomic mass is 10.1. The summed E-state index contributed by atoms with van der Waals surface area (Å²) in [6, 6.07) is 9.69. The number of benzene rings is 1. The van der Waals surface area contributed by atoms with Crippen LogP contribution in [0.2, 0.25) is 0 Å². The number of rotatable bonds is 3. The van der Waals surface area contributed by atoms with Crippen molar-refractivity contribution >= 4 is 6.09 Å². The number of ether oxygens (including phenoxy) is 1. The summed E-state index contributed by atoms with van der Waals surface area (Å²) >= 11 is 0. The van der Waals surface area contributed by atoms with Crippen LogP contribution < -0.4 is 5.48 Å². The third-order valence-corrected chi connectivity index (χ3v) is 1.77. The fourth-order valence-electron chi connectivity index (χ4n) is 1.20. The van der Waals surface area contributed by atoms with Gasteiger partial charge in [-0.3, -0.25) is 5.21 Å². The van der Waals surface area contributed by atoms with Gasteiger partial charge in [-0.1, -0.05) is 30.3 Å². The highest BCUT2D eigenvalue weighted by Gasteiger charge is 2.08. The molecule has 0 aliphatic rings. The van der Waals surface area contributed by atoms with Gasteiger partial charge in [0.25, 0.3) is 0 Å². The van der Waals surface area contributed by atoms with E-state index in [-0.39, 0.29) is 6.10 Å². The number of carbonyl (C=O) groups is 1. The van der Waals surface area contributed by atoms with Gasteiger partial charge in [0.15, 0.2) is 0 Å². The molecule has 1 atom stereocenters. The summed E-state index contributed by atoms with van der Waals surface area (Å²) in [7, 11) is 0. The average Bonchev–Trinajstić information content (AvgIpc) is 2.19. The van der Waals surface area contributed by atoms with Gasteiger partial charge in [-0.15, -0.1) is 0 Å². The Morgan fingerprint density at radius 1 is 1.50 bits per heavy atom. The van der Waals surface area contributed by atoms with Crippen molar-refractivity contribution in [2.75, 3.05) is 0 Å². The van der Waals surface area contributed by atoms with Crippen LogP contribution in [-0.4, -0.2) is 17.4 Å². The monoisotopic (exact) mass is 195 g/mol. The van der Waals surface area contributed by atoms with E-state index in [1.807, 2.05) is 30.3 Å². The fraction of sp³-hybridized carbons (Fsp3) is 0.300. The molecule has 76 valence electrons. The first kappa shape index (κ1) is 10.5. The molecule has 1 amide bonds. The van der Waals surface area contributed by atoms with Crippen molar-refractivity contribution < 1.29 is 14.7 Å². The second kappa shape index (κ2) is 5.24. The molecule has 0 heterocycles. The van der Waals surface area contributed by atoms with Crippen LogP contribution in [0.1, 0.15) is 12.5 Å². The van der Waals surface area contributed by atoms with E-state index in [4.69, 9.17) is 9.94 Å². The van der Waals surface area contributed by atoms with Crippen molar-refractivity contribution in [3.63, 3.8) is 0 Å². The van der Waals surface area contributed by atoms with Gasteiger partial charge in [0.05, 0.1) is 0 Å². The molecule has 2 N–H and O–H groups in total. The molecule has 1 aromatic rings. The summed E-state index contributed by atoms with van der Waals surface area (Å²) in [4.78, 5) is 10.6. The quantitative estimate of drug-likeness (QED) is 0.570. The average molecular weight is 195 g/mol. The van der Waals surface area contributed by atoms with Gasteiger partial charge >= 0.3 is 6.09 Å². The Hall–Kier alpha value is -1.55. The zero-order valence-corrected chi connectivity index (χ0v) is 7.93. The standard InChI is InChI=1S/C10H13NO3/c1-8(14-10(12)11-13)7-9-5-3-2-4-6-9/h2-6,8,13H,7H2,1H3,(H,11,12). The van der Waals surface area contributed by atoms with Crippen molar-refractivity contribution in [1.29, 1.82) is 0 Å². The Bertz CT molecular complexity index is 287. The first-order chi connectivity index (χ1) is 6.72. The topological polar surface area (TPSA) is 58.6 Å². The minimum atomic E-state index is -0.826. The smallest absolute Gasteiger partial charge is 0.431 e. The highest BCUT2D eigenvalue weighted by Crippen LogP contribution is 2.05. The molecule has 0 fully saturated rings. The summed E-state index contributed by atoms with van der Waals surface area (Å²) in [6.45, 7) is 1.77. The number of hydroxylamine groups is 1. The Kier molecular flexibility index (Phi) is 3.94. The number of hydrogen-bond acceptors (Lipinski definition) is 3. The lowest BCUT2D eigenvalue weighted by Crippen LogP contribution is -2.25. The van der Waals surface area contributed by atoms with E-state index in [0.717, 1.165) is 5.56 Å². The maximum absolute atomic E-state index is 10.6. The zero-order chi connectivity index (χ0) is 10.4. The molecule has 1 rings (SSSR count). The highest BCUT2D eigenvalue weighted by atomic mass is 16.6. The number of hydrogen-bond donors (Lipinski definition) is 2. The Labute approximate surface area is 82.5 Å². The van der Waals surface area contributed by atoms with Gasteiger partial charge < -0.3 is 4.74 Å². The molecule has 0 aliphatic heterocycles. The minimum absolute atomic E-state index is 0.260. The van der Waals surface area contributed by atoms with Gasteiger partial charge in [-0.05, 0) is 12.5 Å². The lowest BCUT2D eigenvalue weighted by molar-refractivity contribution is 0.0627. The number of amides is 1. The highest BCUT2D eigenvalue weighted by molar-refractivity contribution is 5.65. The van der Waals surface area contributed by atoms with E-state index in [2.05, 4.69) is 0 Å². The molecular weight excluding hydrogens is 182 g/mol. The molecule has 4 nitrogen and oxygen atoms in total. The van der Waals surface area contributed by atoms with E-state index >= 15 is 0 Å². The summed E-state index contributed by atoms with van der Waals surface area (Å²) in [6.07, 6.45) is -0.452. The van der Waals surface area contributed by atoms with Crippen molar-refractivity contribution in [3.8, 4) is 0 Å². The van der Waals surface area contributed by atoms with Crippen LogP contribution in [0, 0.1) is 0 Å². The van der Waals surface area contributed by atoms with Crippen LogP contribution in [0.3, 0.4) is 0 Å². The molecule has 0 saturated carbocycles. The van der Waals surface area contributed by atoms with Gasteiger partial charge in [0, 0.05) is 6.42 Å². The minimum Gasteiger partial charge on any atom is -0.445 e. The molecular formula is C10H13NO3. The Morgan fingerprint density at radius 2 is 2.14 bits per heavy atom. The van der Waals surface area contributed by atoms with Crippen LogP contribution in [0.4, 0.5) is 4.79 Å². The number of nitrogens with one attached hydrogen (secondary N) is 1. The molecule has 0 aromatic heterocycles. The summed E-state index contributed by atoms with van der Waals surface area (Å²) in [5, 5.41) is 8.23. The van der Waals surface area contributed by atoms with Crippen LogP contribution in [-0.2, 0) is 11.2 Å². The Balaban J connectivity index is 2.41. The van der Waals surface area contributed by atoms with Crippen molar-refractivity contribution in [2.45, 2.75) is 19.4 Å². The summed E-state index contributed by atoms with van der Waals surface area (Å²) in [5.74, 6) is 0. The molecule has 1 aromatic carbocycles. The van der Waals surface area contributed by atoms with E-state index < -0.39 is 6.09 Å². The van der Waals surface area contributed by atoms with Crippen LogP contribution >= 0.6 is 0 Å². The second-order valence-corrected chi connectivity index (χ2v) is 3.02.